The summed E-state index contributed by atoms with van der Waals surface area (Å²) >= 11 is 6.18. The summed E-state index contributed by atoms with van der Waals surface area (Å²) in [5.41, 5.74) is 7.29. The highest BCUT2D eigenvalue weighted by Gasteiger charge is 2.30. The maximum atomic E-state index is 11.3. The van der Waals surface area contributed by atoms with Gasteiger partial charge in [-0.05, 0) is 26.3 Å². The second-order valence-corrected chi connectivity index (χ2v) is 4.87. The number of rotatable bonds is 3. The Morgan fingerprint density at radius 1 is 1.65 bits per heavy atom. The van der Waals surface area contributed by atoms with Crippen LogP contribution in [0.1, 0.15) is 24.1 Å². The summed E-state index contributed by atoms with van der Waals surface area (Å²) in [7, 11) is 1.81. The van der Waals surface area contributed by atoms with Gasteiger partial charge in [0.1, 0.15) is 5.15 Å². The molecule has 1 aliphatic rings. The Kier molecular flexibility index (Phi) is 3.40. The SMILES string of the molecule is Cc1nn(C)c(Cl)c1CN1CCCC1C(N)=O. The van der Waals surface area contributed by atoms with Crippen molar-refractivity contribution in [3.8, 4) is 0 Å². The molecule has 2 rings (SSSR count). The van der Waals surface area contributed by atoms with Gasteiger partial charge in [0.25, 0.3) is 0 Å². The molecule has 1 aromatic rings. The molecule has 1 atom stereocenters. The maximum absolute atomic E-state index is 11.3. The van der Waals surface area contributed by atoms with Crippen LogP contribution in [0.3, 0.4) is 0 Å². The number of hydrogen-bond donors (Lipinski definition) is 1. The lowest BCUT2D eigenvalue weighted by Crippen LogP contribution is -2.39. The Morgan fingerprint density at radius 3 is 2.88 bits per heavy atom. The van der Waals surface area contributed by atoms with Gasteiger partial charge in [-0.1, -0.05) is 11.6 Å². The van der Waals surface area contributed by atoms with E-state index in [0.717, 1.165) is 30.6 Å². The number of carbonyl (C=O) groups excluding carboxylic acids is 1. The Labute approximate surface area is 106 Å². The molecule has 5 nitrogen and oxygen atoms in total. The molecule has 0 spiro atoms. The lowest BCUT2D eigenvalue weighted by molar-refractivity contribution is -0.122. The zero-order valence-corrected chi connectivity index (χ0v) is 10.9. The summed E-state index contributed by atoms with van der Waals surface area (Å²) in [6, 6.07) is -0.161. The minimum absolute atomic E-state index is 0.161. The first-order valence-electron chi connectivity index (χ1n) is 5.72. The molecule has 1 aliphatic heterocycles. The fourth-order valence-corrected chi connectivity index (χ4v) is 2.63. The van der Waals surface area contributed by atoms with E-state index < -0.39 is 0 Å². The molecule has 1 aromatic heterocycles. The largest absolute Gasteiger partial charge is 0.368 e. The molecular formula is C11H17ClN4O. The van der Waals surface area contributed by atoms with E-state index in [1.54, 1.807) is 4.68 Å². The number of carbonyl (C=O) groups is 1. The van der Waals surface area contributed by atoms with Crippen LogP contribution in [0.4, 0.5) is 0 Å². The van der Waals surface area contributed by atoms with Crippen molar-refractivity contribution in [2.45, 2.75) is 32.4 Å². The van der Waals surface area contributed by atoms with Gasteiger partial charge in [-0.25, -0.2) is 0 Å². The van der Waals surface area contributed by atoms with Crippen molar-refractivity contribution < 1.29 is 4.79 Å². The predicted molar refractivity (Wildman–Crippen MR) is 65.6 cm³/mol. The lowest BCUT2D eigenvalue weighted by Gasteiger charge is -2.21. The minimum Gasteiger partial charge on any atom is -0.368 e. The third-order valence-electron chi connectivity index (χ3n) is 3.32. The van der Waals surface area contributed by atoms with Gasteiger partial charge in [0, 0.05) is 19.2 Å². The highest BCUT2D eigenvalue weighted by atomic mass is 35.5. The van der Waals surface area contributed by atoms with Gasteiger partial charge in [-0.15, -0.1) is 0 Å². The number of nitrogens with zero attached hydrogens (tertiary/aromatic N) is 3. The molecule has 2 N–H and O–H groups in total. The summed E-state index contributed by atoms with van der Waals surface area (Å²) in [6.45, 7) is 3.46. The number of hydrogen-bond acceptors (Lipinski definition) is 3. The second kappa shape index (κ2) is 4.66. The van der Waals surface area contributed by atoms with Crippen molar-refractivity contribution >= 4 is 17.5 Å². The number of aryl methyl sites for hydroxylation is 2. The van der Waals surface area contributed by atoms with Gasteiger partial charge in [0.2, 0.25) is 5.91 Å². The second-order valence-electron chi connectivity index (χ2n) is 4.51. The van der Waals surface area contributed by atoms with Gasteiger partial charge >= 0.3 is 0 Å². The summed E-state index contributed by atoms with van der Waals surface area (Å²) < 4.78 is 1.65. The highest BCUT2D eigenvalue weighted by Crippen LogP contribution is 2.25. The molecule has 0 saturated carbocycles. The van der Waals surface area contributed by atoms with Crippen LogP contribution in [0.25, 0.3) is 0 Å². The van der Waals surface area contributed by atoms with E-state index >= 15 is 0 Å². The average molecular weight is 257 g/mol. The van der Waals surface area contributed by atoms with Crippen LogP contribution in [-0.2, 0) is 18.4 Å². The maximum Gasteiger partial charge on any atom is 0.234 e. The van der Waals surface area contributed by atoms with Gasteiger partial charge in [0.15, 0.2) is 0 Å². The van der Waals surface area contributed by atoms with E-state index in [4.69, 9.17) is 17.3 Å². The molecular weight excluding hydrogens is 240 g/mol. The molecule has 0 aliphatic carbocycles. The summed E-state index contributed by atoms with van der Waals surface area (Å²) in [5, 5.41) is 4.90. The molecule has 1 unspecified atom stereocenters. The highest BCUT2D eigenvalue weighted by molar-refractivity contribution is 6.30. The zero-order chi connectivity index (χ0) is 12.6. The minimum atomic E-state index is -0.250. The van der Waals surface area contributed by atoms with Crippen LogP contribution < -0.4 is 5.73 Å². The lowest BCUT2D eigenvalue weighted by atomic mass is 10.2. The van der Waals surface area contributed by atoms with Gasteiger partial charge < -0.3 is 5.73 Å². The standard InChI is InChI=1S/C11H17ClN4O/c1-7-8(10(12)15(2)14-7)6-16-5-3-4-9(16)11(13)17/h9H,3-6H2,1-2H3,(H2,13,17). The molecule has 17 heavy (non-hydrogen) atoms. The van der Waals surface area contributed by atoms with Crippen molar-refractivity contribution in [1.29, 1.82) is 0 Å². The number of primary amides is 1. The summed E-state index contributed by atoms with van der Waals surface area (Å²) in [5.74, 6) is -0.250. The Bertz CT molecular complexity index is 443. The number of halogens is 1. The van der Waals surface area contributed by atoms with Gasteiger partial charge in [-0.2, -0.15) is 5.10 Å². The molecule has 6 heteroatoms. The molecule has 1 amide bonds. The zero-order valence-electron chi connectivity index (χ0n) is 10.1. The molecule has 2 heterocycles. The van der Waals surface area contributed by atoms with Crippen molar-refractivity contribution in [2.24, 2.45) is 12.8 Å². The first-order chi connectivity index (χ1) is 8.00. The van der Waals surface area contributed by atoms with E-state index in [-0.39, 0.29) is 11.9 Å². The topological polar surface area (TPSA) is 64.2 Å². The van der Waals surface area contributed by atoms with Crippen molar-refractivity contribution in [2.75, 3.05) is 6.54 Å². The van der Waals surface area contributed by atoms with Crippen molar-refractivity contribution in [3.63, 3.8) is 0 Å². The quantitative estimate of drug-likeness (QED) is 0.871. The number of likely N-dealkylation sites (tertiary alicyclic amines) is 1. The normalized spacial score (nSPS) is 21.0. The molecule has 1 saturated heterocycles. The van der Waals surface area contributed by atoms with E-state index in [0.29, 0.717) is 11.7 Å². The fraction of sp³-hybridized carbons (Fsp3) is 0.636. The molecule has 1 fully saturated rings. The van der Waals surface area contributed by atoms with E-state index in [1.807, 2.05) is 14.0 Å². The van der Waals surface area contributed by atoms with Crippen LogP contribution in [0, 0.1) is 6.92 Å². The smallest absolute Gasteiger partial charge is 0.234 e. The fourth-order valence-electron chi connectivity index (χ4n) is 2.39. The molecule has 0 bridgehead atoms. The summed E-state index contributed by atoms with van der Waals surface area (Å²) in [6.07, 6.45) is 1.84. The monoisotopic (exact) mass is 256 g/mol. The molecule has 0 radical (unpaired) electrons. The van der Waals surface area contributed by atoms with Crippen LogP contribution >= 0.6 is 11.6 Å². The third kappa shape index (κ3) is 2.30. The molecule has 0 aromatic carbocycles. The molecule has 94 valence electrons. The van der Waals surface area contributed by atoms with Gasteiger partial charge in [0.05, 0.1) is 11.7 Å². The van der Waals surface area contributed by atoms with Crippen molar-refractivity contribution in [1.82, 2.24) is 14.7 Å². The Balaban J connectivity index is 2.18. The first kappa shape index (κ1) is 12.4. The van der Waals surface area contributed by atoms with Crippen molar-refractivity contribution in [3.05, 3.63) is 16.4 Å². The third-order valence-corrected chi connectivity index (χ3v) is 3.80. The van der Waals surface area contributed by atoms with Crippen LogP contribution in [-0.4, -0.2) is 33.2 Å². The Hall–Kier alpha value is -1.07. The van der Waals surface area contributed by atoms with Crippen LogP contribution in [0.5, 0.6) is 0 Å². The predicted octanol–water partition coefficient (Wildman–Crippen LogP) is 0.832. The number of amides is 1. The van der Waals surface area contributed by atoms with Crippen LogP contribution in [0.2, 0.25) is 5.15 Å². The van der Waals surface area contributed by atoms with Crippen LogP contribution in [0.15, 0.2) is 0 Å². The van der Waals surface area contributed by atoms with E-state index in [9.17, 15) is 4.79 Å². The summed E-state index contributed by atoms with van der Waals surface area (Å²) in [4.78, 5) is 13.4. The Morgan fingerprint density at radius 2 is 2.35 bits per heavy atom. The first-order valence-corrected chi connectivity index (χ1v) is 6.10. The van der Waals surface area contributed by atoms with Gasteiger partial charge in [-0.3, -0.25) is 14.4 Å². The average Bonchev–Trinajstić information content (AvgIpc) is 2.80. The number of nitrogens with two attached hydrogens (primary N) is 1. The van der Waals surface area contributed by atoms with E-state index in [1.165, 1.54) is 0 Å². The number of aromatic nitrogens is 2. The van der Waals surface area contributed by atoms with E-state index in [2.05, 4.69) is 10.00 Å².